The topological polar surface area (TPSA) is 58.6 Å². The van der Waals surface area contributed by atoms with Crippen molar-refractivity contribution < 1.29 is 13.2 Å². The summed E-state index contributed by atoms with van der Waals surface area (Å²) < 4.78 is 34.2. The highest BCUT2D eigenvalue weighted by Crippen LogP contribution is 2.14. The van der Waals surface area contributed by atoms with Crippen LogP contribution in [0.5, 0.6) is 0 Å². The first-order chi connectivity index (χ1) is 9.87. The fourth-order valence-corrected chi connectivity index (χ4v) is 4.00. The predicted octanol–water partition coefficient (Wildman–Crippen LogP) is 1.83. The first-order valence-corrected chi connectivity index (χ1v) is 8.83. The predicted molar refractivity (Wildman–Crippen MR) is 83.7 cm³/mol. The quantitative estimate of drug-likeness (QED) is 0.895. The molecule has 0 radical (unpaired) electrons. The highest BCUT2D eigenvalue weighted by atomic mass is 35.5. The first kappa shape index (κ1) is 16.7. The van der Waals surface area contributed by atoms with Crippen molar-refractivity contribution >= 4 is 21.8 Å². The van der Waals surface area contributed by atoms with Crippen LogP contribution in [0, 0.1) is 0 Å². The molecule has 2 atom stereocenters. The van der Waals surface area contributed by atoms with Gasteiger partial charge in [0, 0.05) is 24.7 Å². The van der Waals surface area contributed by atoms with Crippen molar-refractivity contribution in [2.75, 3.05) is 19.6 Å². The van der Waals surface area contributed by atoms with Crippen LogP contribution in [0.1, 0.15) is 19.4 Å². The molecule has 1 aliphatic rings. The molecule has 1 fully saturated rings. The molecule has 1 heterocycles. The van der Waals surface area contributed by atoms with Crippen LogP contribution in [0.4, 0.5) is 0 Å². The van der Waals surface area contributed by atoms with E-state index < -0.39 is 10.2 Å². The maximum Gasteiger partial charge on any atom is 0.279 e. The molecule has 0 aromatic heterocycles. The molecule has 0 spiro atoms. The summed E-state index contributed by atoms with van der Waals surface area (Å²) >= 11 is 5.91. The Hall–Kier alpha value is -0.660. The van der Waals surface area contributed by atoms with E-state index in [0.717, 1.165) is 5.56 Å². The van der Waals surface area contributed by atoms with Gasteiger partial charge in [0.25, 0.3) is 10.2 Å². The lowest BCUT2D eigenvalue weighted by molar-refractivity contribution is -0.0443. The molecule has 0 aliphatic carbocycles. The molecule has 0 bridgehead atoms. The summed E-state index contributed by atoms with van der Waals surface area (Å²) in [5, 5.41) is 0.659. The summed E-state index contributed by atoms with van der Waals surface area (Å²) in [6, 6.07) is 7.43. The van der Waals surface area contributed by atoms with Crippen LogP contribution in [0.25, 0.3) is 0 Å². The van der Waals surface area contributed by atoms with Gasteiger partial charge in [-0.15, -0.1) is 0 Å². The molecule has 1 saturated heterocycles. The van der Waals surface area contributed by atoms with Crippen molar-refractivity contribution in [2.24, 2.45) is 0 Å². The second-order valence-corrected chi connectivity index (χ2v) is 7.55. The molecule has 1 N–H and O–H groups in total. The van der Waals surface area contributed by atoms with Crippen LogP contribution in [-0.4, -0.2) is 44.6 Å². The lowest BCUT2D eigenvalue weighted by Gasteiger charge is -2.34. The summed E-state index contributed by atoms with van der Waals surface area (Å²) in [5.74, 6) is 0. The number of hydrogen-bond donors (Lipinski definition) is 1. The van der Waals surface area contributed by atoms with E-state index in [1.54, 1.807) is 6.07 Å². The summed E-state index contributed by atoms with van der Waals surface area (Å²) in [5.41, 5.74) is 1.01. The number of halogens is 1. The largest absolute Gasteiger partial charge is 0.373 e. The molecule has 1 aromatic carbocycles. The molecule has 0 saturated carbocycles. The molecule has 5 nitrogen and oxygen atoms in total. The molecule has 0 amide bonds. The number of ether oxygens (including phenoxy) is 1. The second-order valence-electron chi connectivity index (χ2n) is 5.35. The molecule has 1 aliphatic heterocycles. The minimum Gasteiger partial charge on any atom is -0.373 e. The van der Waals surface area contributed by atoms with Crippen molar-refractivity contribution in [3.05, 3.63) is 34.9 Å². The fraction of sp³-hybridized carbons (Fsp3) is 0.571. The number of morpholine rings is 1. The molecule has 7 heteroatoms. The van der Waals surface area contributed by atoms with Gasteiger partial charge in [0.05, 0.1) is 12.2 Å². The van der Waals surface area contributed by atoms with Gasteiger partial charge in [-0.3, -0.25) is 0 Å². The van der Waals surface area contributed by atoms with Gasteiger partial charge in [0.15, 0.2) is 0 Å². The number of nitrogens with zero attached hydrogens (tertiary/aromatic N) is 1. The highest BCUT2D eigenvalue weighted by Gasteiger charge is 2.30. The maximum atomic E-state index is 12.3. The van der Waals surface area contributed by atoms with Crippen LogP contribution in [-0.2, 0) is 21.4 Å². The molecule has 21 heavy (non-hydrogen) atoms. The molecular weight excluding hydrogens is 312 g/mol. The molecule has 118 valence electrons. The molecule has 0 unspecified atom stereocenters. The van der Waals surface area contributed by atoms with Crippen molar-refractivity contribution in [2.45, 2.75) is 32.5 Å². The van der Waals surface area contributed by atoms with Gasteiger partial charge in [-0.1, -0.05) is 23.7 Å². The van der Waals surface area contributed by atoms with E-state index in [4.69, 9.17) is 16.3 Å². The lowest BCUT2D eigenvalue weighted by atomic mass is 10.2. The van der Waals surface area contributed by atoms with E-state index in [-0.39, 0.29) is 12.2 Å². The van der Waals surface area contributed by atoms with Crippen LogP contribution < -0.4 is 4.72 Å². The van der Waals surface area contributed by atoms with Crippen molar-refractivity contribution in [1.82, 2.24) is 9.03 Å². The van der Waals surface area contributed by atoms with Crippen LogP contribution in [0.2, 0.25) is 5.02 Å². The van der Waals surface area contributed by atoms with Crippen LogP contribution in [0.15, 0.2) is 24.3 Å². The smallest absolute Gasteiger partial charge is 0.279 e. The third-order valence-corrected chi connectivity index (χ3v) is 5.10. The molecule has 1 aromatic rings. The van der Waals surface area contributed by atoms with E-state index >= 15 is 0 Å². The summed E-state index contributed by atoms with van der Waals surface area (Å²) in [4.78, 5) is 0. The Morgan fingerprint density at radius 2 is 2.00 bits per heavy atom. The normalized spacial score (nSPS) is 24.1. The Morgan fingerprint density at radius 1 is 1.33 bits per heavy atom. The van der Waals surface area contributed by atoms with Crippen molar-refractivity contribution in [1.29, 1.82) is 0 Å². The Balaban J connectivity index is 1.89. The average molecular weight is 333 g/mol. The monoisotopic (exact) mass is 332 g/mol. The Labute approximate surface area is 131 Å². The van der Waals surface area contributed by atoms with E-state index in [1.165, 1.54) is 4.31 Å². The summed E-state index contributed by atoms with van der Waals surface area (Å²) in [6.45, 7) is 4.88. The van der Waals surface area contributed by atoms with Crippen molar-refractivity contribution in [3.8, 4) is 0 Å². The third-order valence-electron chi connectivity index (χ3n) is 3.31. The molecular formula is C14H21ClN2O3S. The standard InChI is InChI=1S/C14H21ClN2O3S/c1-11-9-17(10-12(2)20-11)21(18,19)16-7-6-13-4-3-5-14(15)8-13/h3-5,8,11-12,16H,6-7,9-10H2,1-2H3/t11-,12-/m1/s1. The van der Waals surface area contributed by atoms with Gasteiger partial charge in [-0.25, -0.2) is 4.72 Å². The summed E-state index contributed by atoms with van der Waals surface area (Å²) in [7, 11) is -3.46. The van der Waals surface area contributed by atoms with Gasteiger partial charge in [-0.2, -0.15) is 12.7 Å². The second kappa shape index (κ2) is 7.07. The van der Waals surface area contributed by atoms with Gasteiger partial charge in [-0.05, 0) is 38.0 Å². The Kier molecular flexibility index (Phi) is 5.62. The zero-order valence-electron chi connectivity index (χ0n) is 12.3. The van der Waals surface area contributed by atoms with Crippen molar-refractivity contribution in [3.63, 3.8) is 0 Å². The fourth-order valence-electron chi connectivity index (χ4n) is 2.44. The van der Waals surface area contributed by atoms with Crippen LogP contribution >= 0.6 is 11.6 Å². The van der Waals surface area contributed by atoms with E-state index in [2.05, 4.69) is 4.72 Å². The number of rotatable bonds is 5. The Morgan fingerprint density at radius 3 is 2.62 bits per heavy atom. The number of nitrogens with one attached hydrogen (secondary N) is 1. The average Bonchev–Trinajstić information content (AvgIpc) is 2.37. The maximum absolute atomic E-state index is 12.3. The minimum atomic E-state index is -3.46. The summed E-state index contributed by atoms with van der Waals surface area (Å²) in [6.07, 6.45) is 0.436. The minimum absolute atomic E-state index is 0.0849. The van der Waals surface area contributed by atoms with Gasteiger partial charge in [0.1, 0.15) is 0 Å². The zero-order valence-corrected chi connectivity index (χ0v) is 13.8. The zero-order chi connectivity index (χ0) is 15.5. The SMILES string of the molecule is C[C@@H]1CN(S(=O)(=O)NCCc2cccc(Cl)c2)C[C@@H](C)O1. The van der Waals surface area contributed by atoms with E-state index in [9.17, 15) is 8.42 Å². The number of hydrogen-bond acceptors (Lipinski definition) is 3. The van der Waals surface area contributed by atoms with Crippen LogP contribution in [0.3, 0.4) is 0 Å². The highest BCUT2D eigenvalue weighted by molar-refractivity contribution is 7.87. The van der Waals surface area contributed by atoms with E-state index in [0.29, 0.717) is 31.1 Å². The van der Waals surface area contributed by atoms with Gasteiger partial charge < -0.3 is 4.74 Å². The molecule has 2 rings (SSSR count). The number of benzene rings is 1. The Bertz CT molecular complexity index is 569. The van der Waals surface area contributed by atoms with Gasteiger partial charge in [0.2, 0.25) is 0 Å². The van der Waals surface area contributed by atoms with Gasteiger partial charge >= 0.3 is 0 Å². The van der Waals surface area contributed by atoms with E-state index in [1.807, 2.05) is 32.0 Å². The first-order valence-electron chi connectivity index (χ1n) is 7.01. The third kappa shape index (κ3) is 4.93. The lowest BCUT2D eigenvalue weighted by Crippen LogP contribution is -2.52.